The van der Waals surface area contributed by atoms with Crippen molar-refractivity contribution in [2.45, 2.75) is 0 Å². The van der Waals surface area contributed by atoms with E-state index in [1.165, 1.54) is 0 Å². The number of rotatable bonds is 15. The summed E-state index contributed by atoms with van der Waals surface area (Å²) in [6.07, 6.45) is 15.9. The topological polar surface area (TPSA) is 143 Å². The first-order chi connectivity index (χ1) is 37.6. The minimum Gasteiger partial charge on any atom is -0.254 e. The molecule has 0 unspecified atom stereocenters. The van der Waals surface area contributed by atoms with Gasteiger partial charge < -0.3 is 24.3 Å². The predicted octanol–water partition coefficient (Wildman–Crippen LogP) is 16.2. The first-order valence-electron chi connectivity index (χ1n) is 23.6. The first-order valence-corrected chi connectivity index (χ1v) is 27.7. The van der Waals surface area contributed by atoms with E-state index in [0.717, 1.165) is 76.5 Å². The average Bonchev–Trinajstić information content (AvgIpc) is 3.54. The number of nitrogens with one attached hydrogen (secondary N) is 1. The molecule has 10 rings (SSSR count). The summed E-state index contributed by atoms with van der Waals surface area (Å²) in [6, 6.07) is 41.9. The Morgan fingerprint density at radius 3 is 1.14 bits per heavy atom. The van der Waals surface area contributed by atoms with Gasteiger partial charge >= 0.3 is 85.8 Å². The molecular formula is C54H47F12N7O5OsP2. The summed E-state index contributed by atoms with van der Waals surface area (Å²) in [6.45, 7) is 3.94. The number of halogens is 12. The van der Waals surface area contributed by atoms with Crippen LogP contribution in [-0.2, 0) is 38.7 Å². The van der Waals surface area contributed by atoms with Gasteiger partial charge in [-0.05, 0) is 65.7 Å². The fourth-order valence-corrected chi connectivity index (χ4v) is 7.31. The predicted molar refractivity (Wildman–Crippen MR) is 288 cm³/mol. The van der Waals surface area contributed by atoms with Gasteiger partial charge in [-0.1, -0.05) is 78.7 Å². The Hall–Kier alpha value is -7.13. The number of nitrogens with zero attached hydrogens (tertiary/aromatic N) is 6. The van der Waals surface area contributed by atoms with Crippen molar-refractivity contribution in [1.29, 1.82) is 0 Å². The summed E-state index contributed by atoms with van der Waals surface area (Å²) < 4.78 is 140. The van der Waals surface area contributed by atoms with Crippen LogP contribution in [0.5, 0.6) is 0 Å². The number of terminal acetylenes is 1. The Balaban J connectivity index is 0.000000226. The Morgan fingerprint density at radius 2 is 0.753 bits per heavy atom. The summed E-state index contributed by atoms with van der Waals surface area (Å²) in [5.41, 5.74) is 8.31. The van der Waals surface area contributed by atoms with Crippen molar-refractivity contribution in [2.24, 2.45) is 0 Å². The molecule has 0 aliphatic heterocycles. The molecule has 0 aliphatic rings. The Labute approximate surface area is 467 Å². The second-order valence-corrected chi connectivity index (χ2v) is 20.5. The molecule has 0 fully saturated rings. The van der Waals surface area contributed by atoms with Crippen molar-refractivity contribution in [2.75, 3.05) is 59.4 Å². The number of amides is 1. The van der Waals surface area contributed by atoms with E-state index in [4.69, 9.17) is 25.4 Å². The molecule has 0 bridgehead atoms. The van der Waals surface area contributed by atoms with E-state index in [9.17, 15) is 55.2 Å². The van der Waals surface area contributed by atoms with E-state index in [0.29, 0.717) is 65.0 Å². The maximum absolute atomic E-state index is 12.6. The maximum atomic E-state index is 12.6. The number of pyridine rings is 6. The van der Waals surface area contributed by atoms with Crippen LogP contribution in [0.15, 0.2) is 165 Å². The second kappa shape index (κ2) is 26.6. The third kappa shape index (κ3) is 24.2. The summed E-state index contributed by atoms with van der Waals surface area (Å²) in [5.74, 6) is 2.25. The summed E-state index contributed by atoms with van der Waals surface area (Å²) in [7, 11) is -21.3. The summed E-state index contributed by atoms with van der Waals surface area (Å²) in [5, 5.41) is 9.48. The first kappa shape index (κ1) is 64.7. The summed E-state index contributed by atoms with van der Waals surface area (Å²) in [4.78, 5) is 39.0. The van der Waals surface area contributed by atoms with Gasteiger partial charge in [0, 0.05) is 81.6 Å². The number of hydrogen-bond donors (Lipinski definition) is 1. The van der Waals surface area contributed by atoms with E-state index in [-0.39, 0.29) is 25.7 Å². The van der Waals surface area contributed by atoms with Gasteiger partial charge in [0.15, 0.2) is 0 Å². The third-order valence-electron chi connectivity index (χ3n) is 10.4. The SMILES string of the molecule is C#CCOCCOCCOCCOCCNC(=O)c1ccc(-c2cc3cccnc3c3ncccc23)cc1.F[P-](F)(F)(F)(F)F.F[P-](F)(F)(F)(F)F.[Os+2].c1cnc2c(c1)ccc1cccnc12.c1cnc2c(c1)ccc1cccnc12. The molecule has 27 heteroatoms. The van der Waals surface area contributed by atoms with Crippen LogP contribution >= 0.6 is 15.6 Å². The van der Waals surface area contributed by atoms with Gasteiger partial charge in [0.1, 0.15) is 6.61 Å². The van der Waals surface area contributed by atoms with E-state index >= 15 is 0 Å². The molecule has 10 aromatic rings. The molecule has 4 aromatic carbocycles. The van der Waals surface area contributed by atoms with Crippen LogP contribution < -0.4 is 5.32 Å². The fraction of sp³-hybridized carbons (Fsp3) is 0.167. The zero-order chi connectivity index (χ0) is 58.0. The molecule has 1 amide bonds. The van der Waals surface area contributed by atoms with Crippen LogP contribution in [0.25, 0.3) is 76.5 Å². The fourth-order valence-electron chi connectivity index (χ4n) is 7.31. The zero-order valence-electron chi connectivity index (χ0n) is 42.0. The van der Waals surface area contributed by atoms with Crippen molar-refractivity contribution in [3.05, 3.63) is 170 Å². The molecule has 0 saturated heterocycles. The zero-order valence-corrected chi connectivity index (χ0v) is 46.4. The van der Waals surface area contributed by atoms with E-state index in [2.05, 4.69) is 95.7 Å². The van der Waals surface area contributed by atoms with E-state index < -0.39 is 15.6 Å². The Morgan fingerprint density at radius 1 is 0.432 bits per heavy atom. The van der Waals surface area contributed by atoms with Gasteiger partial charge in [0.05, 0.1) is 79.3 Å². The second-order valence-electron chi connectivity index (χ2n) is 16.7. The van der Waals surface area contributed by atoms with Crippen LogP contribution in [0.1, 0.15) is 10.4 Å². The number of fused-ring (bicyclic) bond motifs is 9. The molecule has 6 aromatic heterocycles. The molecule has 81 heavy (non-hydrogen) atoms. The molecule has 0 atom stereocenters. The van der Waals surface area contributed by atoms with Crippen LogP contribution in [-0.4, -0.2) is 95.2 Å². The van der Waals surface area contributed by atoms with E-state index in [1.54, 1.807) is 37.2 Å². The average molecular weight is 1350 g/mol. The van der Waals surface area contributed by atoms with Crippen LogP contribution in [0.3, 0.4) is 0 Å². The van der Waals surface area contributed by atoms with Crippen molar-refractivity contribution in [1.82, 2.24) is 35.2 Å². The number of carbonyl (C=O) groups excluding carboxylic acids is 1. The van der Waals surface area contributed by atoms with Crippen molar-refractivity contribution in [3.63, 3.8) is 0 Å². The Kier molecular flexibility index (Phi) is 21.3. The number of carbonyl (C=O) groups is 1. The van der Waals surface area contributed by atoms with Gasteiger partial charge in [-0.2, -0.15) is 0 Å². The summed E-state index contributed by atoms with van der Waals surface area (Å²) >= 11 is 0. The van der Waals surface area contributed by atoms with Gasteiger partial charge in [-0.15, -0.1) is 6.42 Å². The molecule has 12 nitrogen and oxygen atoms in total. The monoisotopic (exact) mass is 1360 g/mol. The molecule has 430 valence electrons. The quantitative estimate of drug-likeness (QED) is 0.0344. The number of benzene rings is 4. The molecule has 0 saturated carbocycles. The molecule has 1 N–H and O–H groups in total. The number of hydrogen-bond acceptors (Lipinski definition) is 11. The molecule has 0 aliphatic carbocycles. The molecular weight excluding hydrogens is 1310 g/mol. The minimum absolute atomic E-state index is 0. The largest absolute Gasteiger partial charge is 2.00 e. The normalized spacial score (nSPS) is 12.9. The van der Waals surface area contributed by atoms with Gasteiger partial charge in [-0.3, -0.25) is 34.7 Å². The van der Waals surface area contributed by atoms with E-state index in [1.807, 2.05) is 72.8 Å². The Bertz CT molecular complexity index is 3490. The van der Waals surface area contributed by atoms with Gasteiger partial charge in [-0.25, -0.2) is 0 Å². The van der Waals surface area contributed by atoms with Gasteiger partial charge in [0.25, 0.3) is 5.91 Å². The standard InChI is InChI=1S/C30H31N3O5.2C12H8N2.2F6P.Os/c1-2-14-35-16-18-37-20-21-38-19-17-36-15-13-33-30(34)24-9-7-23(8-10-24)27-22-25-5-3-11-31-28(25)29-26(27)6-4-12-32-29;2*1-3-9-5-6-10-4-2-8-14-12(10)11(9)13-7-1;2*1-7(2,3,4,5)6;/h1,3-12,22H,13-21H2,(H,33,34);2*1-8H;;;/q;;;2*-1;+2. The number of ether oxygens (including phenoxy) is 4. The van der Waals surface area contributed by atoms with Gasteiger partial charge in [0.2, 0.25) is 0 Å². The minimum atomic E-state index is -10.7. The number of aromatic nitrogens is 6. The van der Waals surface area contributed by atoms with Crippen molar-refractivity contribution >= 4 is 86.9 Å². The molecule has 6 heterocycles. The maximum Gasteiger partial charge on any atom is 2.00 e. The molecule has 0 spiro atoms. The van der Waals surface area contributed by atoms with Crippen molar-refractivity contribution < 1.29 is 93.9 Å². The van der Waals surface area contributed by atoms with Crippen molar-refractivity contribution in [3.8, 4) is 23.5 Å². The van der Waals surface area contributed by atoms with Crippen LogP contribution in [0, 0.1) is 12.3 Å². The van der Waals surface area contributed by atoms with Crippen LogP contribution in [0.2, 0.25) is 0 Å². The third-order valence-corrected chi connectivity index (χ3v) is 10.4. The smallest absolute Gasteiger partial charge is 0.254 e. The molecule has 0 radical (unpaired) electrons. The van der Waals surface area contributed by atoms with Crippen LogP contribution in [0.4, 0.5) is 50.4 Å².